The van der Waals surface area contributed by atoms with Gasteiger partial charge in [-0.3, -0.25) is 4.79 Å². The largest absolute Gasteiger partial charge is 0.391 e. The zero-order chi connectivity index (χ0) is 13.8. The van der Waals surface area contributed by atoms with E-state index in [2.05, 4.69) is 5.16 Å². The molecule has 0 radical (unpaired) electrons. The van der Waals surface area contributed by atoms with Gasteiger partial charge in [0, 0.05) is 7.05 Å². The highest BCUT2D eigenvalue weighted by Gasteiger charge is 2.51. The van der Waals surface area contributed by atoms with Crippen LogP contribution in [0.1, 0.15) is 13.8 Å². The van der Waals surface area contributed by atoms with Crippen LogP contribution in [0.25, 0.3) is 0 Å². The lowest BCUT2D eigenvalue weighted by Gasteiger charge is -2.27. The van der Waals surface area contributed by atoms with Gasteiger partial charge in [-0.2, -0.15) is 0 Å². The van der Waals surface area contributed by atoms with E-state index in [1.165, 1.54) is 0 Å². The predicted molar refractivity (Wildman–Crippen MR) is 53.6 cm³/mol. The van der Waals surface area contributed by atoms with Crippen molar-refractivity contribution in [3.8, 4) is 0 Å². The maximum absolute atomic E-state index is 12.8. The minimum Gasteiger partial charge on any atom is -0.359 e. The molecule has 0 aliphatic carbocycles. The minimum absolute atomic E-state index is 1.04. The van der Waals surface area contributed by atoms with E-state index in [0.717, 1.165) is 20.9 Å². The van der Waals surface area contributed by atoms with E-state index in [9.17, 15) is 23.7 Å². The highest BCUT2D eigenvalue weighted by molar-refractivity contribution is 5.89. The molecule has 0 rings (SSSR count). The fourth-order valence-electron chi connectivity index (χ4n) is 1.45. The number of oxime groups is 1. The van der Waals surface area contributed by atoms with Crippen LogP contribution in [-0.4, -0.2) is 35.3 Å². The van der Waals surface area contributed by atoms with Crippen LogP contribution in [0.5, 0.6) is 0 Å². The van der Waals surface area contributed by atoms with Crippen molar-refractivity contribution in [3.05, 3.63) is 10.1 Å². The normalized spacial score (nSPS) is 14.6. The Morgan fingerprint density at radius 1 is 1.53 bits per heavy atom. The number of rotatable bonds is 4. The Bertz CT molecular complexity index is 344. The standard InChI is InChI=1S/C8H13F2N3O4/c1-8(2,7(12-15)13(16)17)4(5(9)10)6(14)11-3/h4-5,15H,1-3H3,(H,11,14)/b12-7-. The third kappa shape index (κ3) is 3.08. The Labute approximate surface area is 95.6 Å². The molecule has 0 aromatic heterocycles. The first-order chi connectivity index (χ1) is 7.69. The second kappa shape index (κ2) is 5.51. The first-order valence-corrected chi connectivity index (χ1v) is 4.56. The molecule has 2 N–H and O–H groups in total. The quantitative estimate of drug-likeness (QED) is 0.253. The molecule has 0 aliphatic rings. The van der Waals surface area contributed by atoms with Gasteiger partial charge < -0.3 is 20.6 Å². The van der Waals surface area contributed by atoms with Crippen molar-refractivity contribution in [2.45, 2.75) is 20.3 Å². The van der Waals surface area contributed by atoms with Crippen molar-refractivity contribution < 1.29 is 23.7 Å². The summed E-state index contributed by atoms with van der Waals surface area (Å²) in [7, 11) is 1.13. The Balaban J connectivity index is 5.50. The van der Waals surface area contributed by atoms with E-state index < -0.39 is 34.4 Å². The monoisotopic (exact) mass is 253 g/mol. The van der Waals surface area contributed by atoms with Gasteiger partial charge in [0.1, 0.15) is 5.92 Å². The molecule has 1 unspecified atom stereocenters. The zero-order valence-electron chi connectivity index (χ0n) is 9.48. The van der Waals surface area contributed by atoms with E-state index in [0.29, 0.717) is 0 Å². The third-order valence-corrected chi connectivity index (χ3v) is 2.40. The maximum Gasteiger partial charge on any atom is 0.391 e. The van der Waals surface area contributed by atoms with Gasteiger partial charge in [0.25, 0.3) is 6.43 Å². The second-order valence-corrected chi connectivity index (χ2v) is 3.83. The van der Waals surface area contributed by atoms with Crippen molar-refractivity contribution >= 4 is 11.7 Å². The van der Waals surface area contributed by atoms with Crippen molar-refractivity contribution in [2.75, 3.05) is 7.05 Å². The number of carbonyl (C=O) groups is 1. The number of nitro groups is 1. The van der Waals surface area contributed by atoms with Crippen LogP contribution in [0, 0.1) is 21.4 Å². The molecule has 7 nitrogen and oxygen atoms in total. The van der Waals surface area contributed by atoms with Crippen LogP contribution >= 0.6 is 0 Å². The Hall–Kier alpha value is -1.80. The number of hydrogen-bond donors (Lipinski definition) is 2. The Morgan fingerprint density at radius 2 is 2.00 bits per heavy atom. The van der Waals surface area contributed by atoms with Crippen molar-refractivity contribution in [3.63, 3.8) is 0 Å². The molecule has 9 heteroatoms. The number of amidine groups is 1. The van der Waals surface area contributed by atoms with Crippen molar-refractivity contribution in [1.29, 1.82) is 0 Å². The molecule has 0 aliphatic heterocycles. The molecule has 0 fully saturated rings. The highest BCUT2D eigenvalue weighted by atomic mass is 19.3. The fourth-order valence-corrected chi connectivity index (χ4v) is 1.45. The summed E-state index contributed by atoms with van der Waals surface area (Å²) in [6, 6.07) is 0. The van der Waals surface area contributed by atoms with Gasteiger partial charge in [0.2, 0.25) is 5.91 Å². The second-order valence-electron chi connectivity index (χ2n) is 3.83. The summed E-state index contributed by atoms with van der Waals surface area (Å²) in [5.41, 5.74) is -1.91. The summed E-state index contributed by atoms with van der Waals surface area (Å²) in [5.74, 6) is -4.14. The topological polar surface area (TPSA) is 105 Å². The number of alkyl halides is 2. The molecule has 0 spiro atoms. The van der Waals surface area contributed by atoms with Gasteiger partial charge in [0.05, 0.1) is 5.41 Å². The van der Waals surface area contributed by atoms with Crippen LogP contribution in [0.3, 0.4) is 0 Å². The fraction of sp³-hybridized carbons (Fsp3) is 0.750. The van der Waals surface area contributed by atoms with Gasteiger partial charge in [-0.25, -0.2) is 8.78 Å². The molecule has 0 aromatic rings. The van der Waals surface area contributed by atoms with Crippen molar-refractivity contribution in [1.82, 2.24) is 5.32 Å². The summed E-state index contributed by atoms with van der Waals surface area (Å²) >= 11 is 0. The SMILES string of the molecule is CNC(=O)C(C(F)F)C(C)(C)/C(=N/O)[N+](=O)[O-]. The van der Waals surface area contributed by atoms with Gasteiger partial charge >= 0.3 is 5.84 Å². The minimum atomic E-state index is -3.12. The summed E-state index contributed by atoms with van der Waals surface area (Å²) in [5, 5.41) is 23.4. The lowest BCUT2D eigenvalue weighted by atomic mass is 9.77. The molecule has 0 bridgehead atoms. The molecular formula is C8H13F2N3O4. The summed E-state index contributed by atoms with van der Waals surface area (Å²) < 4.78 is 25.5. The van der Waals surface area contributed by atoms with Gasteiger partial charge in [-0.15, -0.1) is 0 Å². The van der Waals surface area contributed by atoms with E-state index in [1.54, 1.807) is 0 Å². The first-order valence-electron chi connectivity index (χ1n) is 4.56. The zero-order valence-corrected chi connectivity index (χ0v) is 9.48. The van der Waals surface area contributed by atoms with Crippen LogP contribution in [0.4, 0.5) is 8.78 Å². The van der Waals surface area contributed by atoms with Gasteiger partial charge in [-0.1, -0.05) is 0 Å². The smallest absolute Gasteiger partial charge is 0.359 e. The summed E-state index contributed by atoms with van der Waals surface area (Å²) in [6.45, 7) is 2.08. The molecule has 0 aromatic carbocycles. The van der Waals surface area contributed by atoms with Gasteiger partial charge in [0.15, 0.2) is 5.16 Å². The lowest BCUT2D eigenvalue weighted by molar-refractivity contribution is -0.364. The summed E-state index contributed by atoms with van der Waals surface area (Å²) in [6.07, 6.45) is -3.12. The van der Waals surface area contributed by atoms with E-state index >= 15 is 0 Å². The van der Waals surface area contributed by atoms with Crippen molar-refractivity contribution in [2.24, 2.45) is 16.5 Å². The average molecular weight is 253 g/mol. The molecule has 1 atom stereocenters. The lowest BCUT2D eigenvalue weighted by Crippen LogP contribution is -2.48. The summed E-state index contributed by atoms with van der Waals surface area (Å²) in [4.78, 5) is 20.7. The number of hydrogen-bond acceptors (Lipinski definition) is 5. The third-order valence-electron chi connectivity index (χ3n) is 2.40. The molecular weight excluding hydrogens is 240 g/mol. The van der Waals surface area contributed by atoms with Gasteiger partial charge in [-0.05, 0) is 18.8 Å². The van der Waals surface area contributed by atoms with Crippen LogP contribution in [0.2, 0.25) is 0 Å². The number of carbonyl (C=O) groups excluding carboxylic acids is 1. The number of halogens is 2. The maximum atomic E-state index is 12.8. The molecule has 0 saturated carbocycles. The predicted octanol–water partition coefficient (Wildman–Crippen LogP) is 0.704. The van der Waals surface area contributed by atoms with E-state index in [1.807, 2.05) is 5.32 Å². The van der Waals surface area contributed by atoms with Crippen LogP contribution < -0.4 is 5.32 Å². The Kier molecular flexibility index (Phi) is 4.92. The first kappa shape index (κ1) is 15.2. The van der Waals surface area contributed by atoms with E-state index in [4.69, 9.17) is 5.21 Å². The number of amides is 1. The van der Waals surface area contributed by atoms with Crippen LogP contribution in [0.15, 0.2) is 5.16 Å². The Morgan fingerprint density at radius 3 is 2.24 bits per heavy atom. The number of nitrogens with zero attached hydrogens (tertiary/aromatic N) is 2. The molecule has 17 heavy (non-hydrogen) atoms. The highest BCUT2D eigenvalue weighted by Crippen LogP contribution is 2.33. The molecule has 1 amide bonds. The molecule has 0 saturated heterocycles. The molecule has 0 heterocycles. The van der Waals surface area contributed by atoms with Crippen LogP contribution in [-0.2, 0) is 4.79 Å². The average Bonchev–Trinajstić information content (AvgIpc) is 2.15. The van der Waals surface area contributed by atoms with E-state index in [-0.39, 0.29) is 0 Å². The number of nitrogens with one attached hydrogen (secondary N) is 1. The molecule has 98 valence electrons.